The zero-order valence-corrected chi connectivity index (χ0v) is 18.0. The average molecular weight is 425 g/mol. The number of amides is 1. The van der Waals surface area contributed by atoms with Crippen LogP contribution in [0.25, 0.3) is 27.5 Å². The Morgan fingerprint density at radius 3 is 2.55 bits per heavy atom. The highest BCUT2D eigenvalue weighted by atomic mass is 32.1. The summed E-state index contributed by atoms with van der Waals surface area (Å²) in [5.74, 6) is -0.153. The molecule has 0 aliphatic carbocycles. The molecule has 1 amide bonds. The quantitative estimate of drug-likeness (QED) is 0.385. The number of carbonyl (C=O) groups is 1. The van der Waals surface area contributed by atoms with Crippen LogP contribution in [0.15, 0.2) is 79.1 Å². The highest BCUT2D eigenvalue weighted by molar-refractivity contribution is 7.17. The first-order valence-corrected chi connectivity index (χ1v) is 10.8. The molecule has 5 aromatic rings. The van der Waals surface area contributed by atoms with Crippen molar-refractivity contribution in [3.05, 3.63) is 95.3 Å². The van der Waals surface area contributed by atoms with E-state index >= 15 is 0 Å². The Kier molecular flexibility index (Phi) is 4.84. The number of pyridine rings is 1. The number of hydrogen-bond acceptors (Lipinski definition) is 4. The van der Waals surface area contributed by atoms with Gasteiger partial charge in [0.1, 0.15) is 15.5 Å². The molecule has 5 nitrogen and oxygen atoms in total. The highest BCUT2D eigenvalue weighted by Crippen LogP contribution is 2.29. The summed E-state index contributed by atoms with van der Waals surface area (Å²) in [4.78, 5) is 22.9. The van der Waals surface area contributed by atoms with E-state index < -0.39 is 0 Å². The molecule has 0 saturated heterocycles. The topological polar surface area (TPSA) is 59.3 Å². The highest BCUT2D eigenvalue weighted by Gasteiger charge is 2.17. The van der Waals surface area contributed by atoms with E-state index in [0.29, 0.717) is 4.88 Å². The van der Waals surface area contributed by atoms with Crippen molar-refractivity contribution in [1.29, 1.82) is 0 Å². The maximum absolute atomic E-state index is 13.0. The second-order valence-corrected chi connectivity index (χ2v) is 8.38. The molecule has 0 spiro atoms. The molecule has 0 saturated carbocycles. The van der Waals surface area contributed by atoms with Gasteiger partial charge in [-0.05, 0) is 37.6 Å². The third kappa shape index (κ3) is 3.73. The Hall–Kier alpha value is -3.77. The molecule has 1 N–H and O–H groups in total. The summed E-state index contributed by atoms with van der Waals surface area (Å²) < 4.78 is 2.02. The minimum absolute atomic E-state index is 0.153. The molecule has 0 bridgehead atoms. The molecular weight excluding hydrogens is 404 g/mol. The third-order valence-electron chi connectivity index (χ3n) is 5.12. The molecule has 0 radical (unpaired) electrons. The van der Waals surface area contributed by atoms with E-state index in [9.17, 15) is 4.79 Å². The lowest BCUT2D eigenvalue weighted by Gasteiger charge is -2.05. The fraction of sp³-hybridized carbons (Fsp3) is 0.0800. The molecule has 3 heterocycles. The Balaban J connectivity index is 1.41. The Bertz CT molecular complexity index is 1400. The molecule has 152 valence electrons. The smallest absolute Gasteiger partial charge is 0.267 e. The second-order valence-electron chi connectivity index (χ2n) is 7.38. The molecular formula is C25H20N4OS. The van der Waals surface area contributed by atoms with Gasteiger partial charge in [-0.3, -0.25) is 4.79 Å². The maximum atomic E-state index is 13.0. The van der Waals surface area contributed by atoms with E-state index in [4.69, 9.17) is 4.98 Å². The fourth-order valence-corrected chi connectivity index (χ4v) is 4.52. The lowest BCUT2D eigenvalue weighted by Crippen LogP contribution is -2.11. The van der Waals surface area contributed by atoms with Gasteiger partial charge in [-0.2, -0.15) is 0 Å². The number of thiazole rings is 1. The number of nitrogens with one attached hydrogen (secondary N) is 1. The molecule has 0 unspecified atom stereocenters. The third-order valence-corrected chi connectivity index (χ3v) is 6.32. The number of fused-ring (bicyclic) bond motifs is 1. The van der Waals surface area contributed by atoms with Gasteiger partial charge in [0.25, 0.3) is 5.91 Å². The monoisotopic (exact) mass is 424 g/mol. The fourth-order valence-electron chi connectivity index (χ4n) is 3.55. The lowest BCUT2D eigenvalue weighted by molar-refractivity contribution is 0.103. The number of nitrogens with zero attached hydrogens (tertiary/aromatic N) is 3. The van der Waals surface area contributed by atoms with Crippen LogP contribution in [0.1, 0.15) is 20.9 Å². The van der Waals surface area contributed by atoms with E-state index in [1.165, 1.54) is 11.3 Å². The van der Waals surface area contributed by atoms with Gasteiger partial charge in [-0.1, -0.05) is 48.5 Å². The van der Waals surface area contributed by atoms with Crippen molar-refractivity contribution >= 4 is 28.6 Å². The van der Waals surface area contributed by atoms with E-state index in [1.54, 1.807) is 0 Å². The number of carbonyl (C=O) groups excluding carboxylic acids is 1. The zero-order chi connectivity index (χ0) is 21.4. The molecule has 0 aliphatic heterocycles. The largest absolute Gasteiger partial charge is 0.321 e. The van der Waals surface area contributed by atoms with Gasteiger partial charge in [0.2, 0.25) is 0 Å². The number of hydrogen-bond donors (Lipinski definition) is 1. The van der Waals surface area contributed by atoms with Crippen molar-refractivity contribution in [2.24, 2.45) is 0 Å². The predicted octanol–water partition coefficient (Wildman–Crippen LogP) is 5.99. The molecule has 0 fully saturated rings. The van der Waals surface area contributed by atoms with E-state index in [2.05, 4.69) is 10.3 Å². The SMILES string of the molecule is Cc1nc(-c2ccccc2)sc1C(=O)Nc1cccc(-c2cn3cccc(C)c3n2)c1. The van der Waals surface area contributed by atoms with Gasteiger partial charge in [0.05, 0.1) is 11.4 Å². The lowest BCUT2D eigenvalue weighted by atomic mass is 10.1. The van der Waals surface area contributed by atoms with Gasteiger partial charge in [0, 0.05) is 29.2 Å². The summed E-state index contributed by atoms with van der Waals surface area (Å²) in [6.07, 6.45) is 3.99. The van der Waals surface area contributed by atoms with Crippen LogP contribution < -0.4 is 5.32 Å². The summed E-state index contributed by atoms with van der Waals surface area (Å²) >= 11 is 1.41. The molecule has 2 aromatic carbocycles. The summed E-state index contributed by atoms with van der Waals surface area (Å²) in [5.41, 5.74) is 6.34. The van der Waals surface area contributed by atoms with Crippen molar-refractivity contribution in [3.8, 4) is 21.8 Å². The first-order chi connectivity index (χ1) is 15.1. The van der Waals surface area contributed by atoms with Crippen LogP contribution in [0.5, 0.6) is 0 Å². The number of anilines is 1. The first-order valence-electron chi connectivity index (χ1n) is 9.97. The Morgan fingerprint density at radius 1 is 0.935 bits per heavy atom. The number of benzene rings is 2. The van der Waals surface area contributed by atoms with Crippen molar-refractivity contribution in [2.45, 2.75) is 13.8 Å². The van der Waals surface area contributed by atoms with Crippen molar-refractivity contribution < 1.29 is 4.79 Å². The van der Waals surface area contributed by atoms with Gasteiger partial charge >= 0.3 is 0 Å². The normalized spacial score (nSPS) is 11.0. The van der Waals surface area contributed by atoms with E-state index in [0.717, 1.165) is 44.4 Å². The molecule has 0 atom stereocenters. The molecule has 31 heavy (non-hydrogen) atoms. The van der Waals surface area contributed by atoms with Crippen LogP contribution in [-0.2, 0) is 0 Å². The Morgan fingerprint density at radius 2 is 1.74 bits per heavy atom. The maximum Gasteiger partial charge on any atom is 0.267 e. The van der Waals surface area contributed by atoms with Gasteiger partial charge < -0.3 is 9.72 Å². The van der Waals surface area contributed by atoms with Crippen molar-refractivity contribution in [2.75, 3.05) is 5.32 Å². The molecule has 3 aromatic heterocycles. The minimum Gasteiger partial charge on any atom is -0.321 e. The number of aryl methyl sites for hydroxylation is 2. The van der Waals surface area contributed by atoms with Crippen LogP contribution in [0.2, 0.25) is 0 Å². The summed E-state index contributed by atoms with van der Waals surface area (Å²) in [6, 6.07) is 21.7. The minimum atomic E-state index is -0.153. The second kappa shape index (κ2) is 7.81. The van der Waals surface area contributed by atoms with Crippen LogP contribution in [0.4, 0.5) is 5.69 Å². The van der Waals surface area contributed by atoms with Crippen LogP contribution >= 0.6 is 11.3 Å². The van der Waals surface area contributed by atoms with Crippen LogP contribution in [-0.4, -0.2) is 20.3 Å². The average Bonchev–Trinajstić information content (AvgIpc) is 3.39. The van der Waals surface area contributed by atoms with Gasteiger partial charge in [0.15, 0.2) is 0 Å². The predicted molar refractivity (Wildman–Crippen MR) is 126 cm³/mol. The molecule has 5 rings (SSSR count). The first kappa shape index (κ1) is 19.2. The zero-order valence-electron chi connectivity index (χ0n) is 17.2. The summed E-state index contributed by atoms with van der Waals surface area (Å²) in [5, 5.41) is 3.86. The molecule has 0 aliphatic rings. The van der Waals surface area contributed by atoms with Crippen LogP contribution in [0.3, 0.4) is 0 Å². The van der Waals surface area contributed by atoms with Crippen LogP contribution in [0, 0.1) is 13.8 Å². The summed E-state index contributed by atoms with van der Waals surface area (Å²) in [6.45, 7) is 3.91. The van der Waals surface area contributed by atoms with Gasteiger partial charge in [-0.15, -0.1) is 11.3 Å². The number of aromatic nitrogens is 3. The standard InChI is InChI=1S/C25H20N4OS/c1-16-8-7-13-29-15-21(28-23(16)29)19-11-6-12-20(14-19)27-24(30)22-17(2)26-25(31-22)18-9-4-3-5-10-18/h3-15H,1-2H3,(H,27,30). The van der Waals surface area contributed by atoms with Crippen molar-refractivity contribution in [3.63, 3.8) is 0 Å². The molecule has 6 heteroatoms. The van der Waals surface area contributed by atoms with E-state index in [-0.39, 0.29) is 5.91 Å². The van der Waals surface area contributed by atoms with Gasteiger partial charge in [-0.25, -0.2) is 9.97 Å². The van der Waals surface area contributed by atoms with E-state index in [1.807, 2.05) is 97.4 Å². The van der Waals surface area contributed by atoms with Crippen molar-refractivity contribution in [1.82, 2.24) is 14.4 Å². The number of rotatable bonds is 4. The number of imidazole rings is 1. The summed E-state index contributed by atoms with van der Waals surface area (Å²) in [7, 11) is 0. The Labute approximate surface area is 184 Å².